The molecule has 1 aliphatic heterocycles. The first-order valence-electron chi connectivity index (χ1n) is 9.89. The maximum Gasteiger partial charge on any atom is 0.260 e. The molecule has 1 aromatic carbocycles. The summed E-state index contributed by atoms with van der Waals surface area (Å²) < 4.78 is 5.57. The van der Waals surface area contributed by atoms with Crippen LogP contribution in [0.15, 0.2) is 36.4 Å². The highest BCUT2D eigenvalue weighted by molar-refractivity contribution is 6.30. The van der Waals surface area contributed by atoms with Crippen molar-refractivity contribution in [3.8, 4) is 5.75 Å². The van der Waals surface area contributed by atoms with Gasteiger partial charge in [-0.2, -0.15) is 0 Å². The van der Waals surface area contributed by atoms with E-state index in [4.69, 9.17) is 16.3 Å². The van der Waals surface area contributed by atoms with E-state index in [0.717, 1.165) is 24.2 Å². The Kier molecular flexibility index (Phi) is 7.09. The van der Waals surface area contributed by atoms with E-state index in [9.17, 15) is 9.59 Å². The molecule has 1 N–H and O–H groups in total. The van der Waals surface area contributed by atoms with Crippen LogP contribution in [0.5, 0.6) is 5.75 Å². The highest BCUT2D eigenvalue weighted by atomic mass is 35.5. The molecule has 0 saturated carbocycles. The van der Waals surface area contributed by atoms with E-state index in [1.54, 1.807) is 24.3 Å². The number of benzene rings is 1. The summed E-state index contributed by atoms with van der Waals surface area (Å²) in [6.45, 7) is 5.65. The van der Waals surface area contributed by atoms with Gasteiger partial charge in [0.1, 0.15) is 5.75 Å². The molecule has 0 spiro atoms. The summed E-state index contributed by atoms with van der Waals surface area (Å²) in [7, 11) is 0. The van der Waals surface area contributed by atoms with Crippen molar-refractivity contribution in [2.45, 2.75) is 32.6 Å². The molecule has 6 nitrogen and oxygen atoms in total. The SMILES string of the molecule is CCNC(=O)c1ccc(C)nc1C1CCN(C(=O)COc2ccc(Cl)cc2)CC1. The quantitative estimate of drug-likeness (QED) is 0.782. The lowest BCUT2D eigenvalue weighted by Gasteiger charge is -2.32. The van der Waals surface area contributed by atoms with Crippen molar-refractivity contribution >= 4 is 23.4 Å². The monoisotopic (exact) mass is 415 g/mol. The Balaban J connectivity index is 1.59. The van der Waals surface area contributed by atoms with E-state index < -0.39 is 0 Å². The Hall–Kier alpha value is -2.60. The molecule has 1 fully saturated rings. The first-order chi connectivity index (χ1) is 14.0. The maximum absolute atomic E-state index is 12.5. The third kappa shape index (κ3) is 5.48. The number of nitrogens with one attached hydrogen (secondary N) is 1. The molecule has 2 amide bonds. The van der Waals surface area contributed by atoms with Crippen LogP contribution in [0.2, 0.25) is 5.02 Å². The van der Waals surface area contributed by atoms with Crippen LogP contribution in [0.1, 0.15) is 47.4 Å². The number of carbonyl (C=O) groups is 2. The Bertz CT molecular complexity index is 862. The van der Waals surface area contributed by atoms with Gasteiger partial charge in [0.25, 0.3) is 11.8 Å². The number of halogens is 1. The van der Waals surface area contributed by atoms with Crippen molar-refractivity contribution in [2.24, 2.45) is 0 Å². The molecular formula is C22H26ClN3O3. The highest BCUT2D eigenvalue weighted by Gasteiger charge is 2.28. The van der Waals surface area contributed by atoms with E-state index in [1.165, 1.54) is 0 Å². The average Bonchev–Trinajstić information content (AvgIpc) is 2.73. The van der Waals surface area contributed by atoms with Crippen molar-refractivity contribution < 1.29 is 14.3 Å². The summed E-state index contributed by atoms with van der Waals surface area (Å²) in [6.07, 6.45) is 1.55. The van der Waals surface area contributed by atoms with E-state index in [0.29, 0.717) is 36.0 Å². The lowest BCUT2D eigenvalue weighted by molar-refractivity contribution is -0.134. The molecular weight excluding hydrogens is 390 g/mol. The van der Waals surface area contributed by atoms with Crippen LogP contribution >= 0.6 is 11.6 Å². The molecule has 3 rings (SSSR count). The fourth-order valence-electron chi connectivity index (χ4n) is 3.51. The molecule has 2 heterocycles. The molecule has 1 aromatic heterocycles. The predicted molar refractivity (Wildman–Crippen MR) is 112 cm³/mol. The molecule has 0 aliphatic carbocycles. The smallest absolute Gasteiger partial charge is 0.260 e. The summed E-state index contributed by atoms with van der Waals surface area (Å²) >= 11 is 5.86. The van der Waals surface area contributed by atoms with Crippen molar-refractivity contribution in [1.29, 1.82) is 0 Å². The fourth-order valence-corrected chi connectivity index (χ4v) is 3.63. The lowest BCUT2D eigenvalue weighted by Crippen LogP contribution is -2.41. The van der Waals surface area contributed by atoms with E-state index in [2.05, 4.69) is 10.3 Å². The number of amides is 2. The Morgan fingerprint density at radius 2 is 1.86 bits per heavy atom. The van der Waals surface area contributed by atoms with Crippen molar-refractivity contribution in [1.82, 2.24) is 15.2 Å². The number of ether oxygens (including phenoxy) is 1. The van der Waals surface area contributed by atoms with Crippen LogP contribution in [-0.2, 0) is 4.79 Å². The number of carbonyl (C=O) groups excluding carboxylic acids is 2. The van der Waals surface area contributed by atoms with Crippen LogP contribution in [0.3, 0.4) is 0 Å². The molecule has 0 radical (unpaired) electrons. The van der Waals surface area contributed by atoms with Crippen LogP contribution in [-0.4, -0.2) is 47.9 Å². The number of nitrogens with zero attached hydrogens (tertiary/aromatic N) is 2. The first-order valence-corrected chi connectivity index (χ1v) is 10.3. The van der Waals surface area contributed by atoms with Gasteiger partial charge in [-0.1, -0.05) is 11.6 Å². The second-order valence-corrected chi connectivity index (χ2v) is 7.58. The van der Waals surface area contributed by atoms with Gasteiger partial charge in [0, 0.05) is 36.3 Å². The fraction of sp³-hybridized carbons (Fsp3) is 0.409. The number of likely N-dealkylation sites (tertiary alicyclic amines) is 1. The largest absolute Gasteiger partial charge is 0.484 e. The summed E-state index contributed by atoms with van der Waals surface area (Å²) in [5.41, 5.74) is 2.36. The molecule has 0 unspecified atom stereocenters. The number of hydrogen-bond acceptors (Lipinski definition) is 4. The predicted octanol–water partition coefficient (Wildman–Crippen LogP) is 3.58. The molecule has 7 heteroatoms. The zero-order valence-corrected chi connectivity index (χ0v) is 17.5. The zero-order chi connectivity index (χ0) is 20.8. The molecule has 2 aromatic rings. The van der Waals surface area contributed by atoms with Gasteiger partial charge in [-0.05, 0) is 63.1 Å². The molecule has 0 bridgehead atoms. The van der Waals surface area contributed by atoms with Gasteiger partial charge < -0.3 is 15.0 Å². The first kappa shape index (κ1) is 21.1. The standard InChI is InChI=1S/C22H26ClN3O3/c1-3-24-22(28)19-9-4-15(2)25-21(19)16-10-12-26(13-11-16)20(27)14-29-18-7-5-17(23)6-8-18/h4-9,16H,3,10-14H2,1-2H3,(H,24,28). The highest BCUT2D eigenvalue weighted by Crippen LogP contribution is 2.29. The lowest BCUT2D eigenvalue weighted by atomic mass is 9.90. The number of aryl methyl sites for hydroxylation is 1. The normalized spacial score (nSPS) is 14.5. The minimum absolute atomic E-state index is 0.000843. The number of pyridine rings is 1. The Morgan fingerprint density at radius 3 is 2.52 bits per heavy atom. The minimum Gasteiger partial charge on any atom is -0.484 e. The number of hydrogen-bond donors (Lipinski definition) is 1. The summed E-state index contributed by atoms with van der Waals surface area (Å²) in [5, 5.41) is 3.48. The van der Waals surface area contributed by atoms with Gasteiger partial charge in [-0.15, -0.1) is 0 Å². The summed E-state index contributed by atoms with van der Waals surface area (Å²) in [6, 6.07) is 10.7. The zero-order valence-electron chi connectivity index (χ0n) is 16.8. The number of aromatic nitrogens is 1. The van der Waals surface area contributed by atoms with Gasteiger partial charge in [-0.25, -0.2) is 0 Å². The maximum atomic E-state index is 12.5. The van der Waals surface area contributed by atoms with Crippen molar-refractivity contribution in [3.05, 3.63) is 58.4 Å². The third-order valence-corrected chi connectivity index (χ3v) is 5.31. The molecule has 0 atom stereocenters. The van der Waals surface area contributed by atoms with Crippen LogP contribution < -0.4 is 10.1 Å². The summed E-state index contributed by atoms with van der Waals surface area (Å²) in [4.78, 5) is 31.4. The minimum atomic E-state index is -0.0927. The van der Waals surface area contributed by atoms with Gasteiger partial charge in [0.15, 0.2) is 6.61 Å². The second kappa shape index (κ2) is 9.74. The van der Waals surface area contributed by atoms with E-state index in [-0.39, 0.29) is 24.3 Å². The van der Waals surface area contributed by atoms with Gasteiger partial charge in [0.2, 0.25) is 0 Å². The van der Waals surface area contributed by atoms with E-state index >= 15 is 0 Å². The molecule has 29 heavy (non-hydrogen) atoms. The van der Waals surface area contributed by atoms with E-state index in [1.807, 2.05) is 30.9 Å². The topological polar surface area (TPSA) is 71.5 Å². The Labute approximate surface area is 176 Å². The van der Waals surface area contributed by atoms with Gasteiger partial charge in [0.05, 0.1) is 11.3 Å². The number of rotatable bonds is 6. The molecule has 1 aliphatic rings. The van der Waals surface area contributed by atoms with Crippen molar-refractivity contribution in [3.63, 3.8) is 0 Å². The van der Waals surface area contributed by atoms with Gasteiger partial charge in [-0.3, -0.25) is 14.6 Å². The van der Waals surface area contributed by atoms with Gasteiger partial charge >= 0.3 is 0 Å². The average molecular weight is 416 g/mol. The molecule has 154 valence electrons. The third-order valence-electron chi connectivity index (χ3n) is 5.06. The molecule has 1 saturated heterocycles. The summed E-state index contributed by atoms with van der Waals surface area (Å²) in [5.74, 6) is 0.645. The Morgan fingerprint density at radius 1 is 1.17 bits per heavy atom. The number of piperidine rings is 1. The second-order valence-electron chi connectivity index (χ2n) is 7.14. The van der Waals surface area contributed by atoms with Crippen LogP contribution in [0.4, 0.5) is 0 Å². The van der Waals surface area contributed by atoms with Crippen LogP contribution in [0, 0.1) is 6.92 Å². The van der Waals surface area contributed by atoms with Crippen LogP contribution in [0.25, 0.3) is 0 Å². The van der Waals surface area contributed by atoms with Crippen molar-refractivity contribution in [2.75, 3.05) is 26.2 Å².